The number of hydrogen-bond donors (Lipinski definition) is 5. The molecule has 1 aromatic carbocycles. The average Bonchev–Trinajstić information content (AvgIpc) is 3.42. The van der Waals surface area contributed by atoms with Crippen molar-refractivity contribution in [1.29, 1.82) is 5.41 Å². The number of amidine groups is 1. The Labute approximate surface area is 211 Å². The molecule has 34 heavy (non-hydrogen) atoms. The summed E-state index contributed by atoms with van der Waals surface area (Å²) in [5, 5.41) is 16.0. The number of nitrogens with zero attached hydrogens (tertiary/aromatic N) is 1. The Kier molecular flexibility index (Phi) is 8.55. The van der Waals surface area contributed by atoms with E-state index < -0.39 is 28.2 Å². The normalized spacial score (nSPS) is 16.9. The zero-order chi connectivity index (χ0) is 25.0. The maximum atomic E-state index is 13.3. The quantitative estimate of drug-likeness (QED) is 0.235. The molecule has 1 aromatic heterocycles. The van der Waals surface area contributed by atoms with Crippen LogP contribution in [-0.2, 0) is 32.8 Å². The molecule has 1 fully saturated rings. The molecule has 2 heterocycles. The molecule has 0 saturated carbocycles. The van der Waals surface area contributed by atoms with E-state index in [0.717, 1.165) is 4.88 Å². The molecule has 184 valence electrons. The van der Waals surface area contributed by atoms with Crippen molar-refractivity contribution in [2.24, 2.45) is 10.9 Å². The third-order valence-electron chi connectivity index (χ3n) is 5.23. The Balaban J connectivity index is 1.72. The molecule has 1 aliphatic rings. The summed E-state index contributed by atoms with van der Waals surface area (Å²) in [5.41, 5.74) is 6.04. The van der Waals surface area contributed by atoms with Crippen molar-refractivity contribution in [3.8, 4) is 0 Å². The van der Waals surface area contributed by atoms with Crippen LogP contribution in [0.3, 0.4) is 0 Å². The van der Waals surface area contributed by atoms with Gasteiger partial charge in [0, 0.05) is 11.4 Å². The first-order valence-electron chi connectivity index (χ1n) is 10.2. The molecule has 0 aliphatic carbocycles. The Hall–Kier alpha value is -2.22. The molecule has 2 amide bonds. The Bertz CT molecular complexity index is 1200. The van der Waals surface area contributed by atoms with Crippen LogP contribution < -0.4 is 20.9 Å². The van der Waals surface area contributed by atoms with Crippen molar-refractivity contribution in [2.45, 2.75) is 37.9 Å². The molecule has 1 saturated heterocycles. The molecular formula is C20H24Cl2N6O4S2. The van der Waals surface area contributed by atoms with E-state index in [4.69, 9.17) is 39.5 Å². The number of thiophene rings is 1. The van der Waals surface area contributed by atoms with E-state index in [2.05, 4.69) is 10.0 Å². The number of nitrogens with two attached hydrogens (primary N) is 2. The van der Waals surface area contributed by atoms with Crippen molar-refractivity contribution >= 4 is 62.4 Å². The van der Waals surface area contributed by atoms with E-state index in [1.807, 2.05) is 0 Å². The lowest BCUT2D eigenvalue weighted by Gasteiger charge is -2.28. The van der Waals surface area contributed by atoms with Gasteiger partial charge < -0.3 is 16.0 Å². The lowest BCUT2D eigenvalue weighted by molar-refractivity contribution is -0.139. The van der Waals surface area contributed by atoms with Gasteiger partial charge in [0.1, 0.15) is 17.9 Å². The first-order valence-corrected chi connectivity index (χ1v) is 13.3. The van der Waals surface area contributed by atoms with Crippen LogP contribution in [0.4, 0.5) is 0 Å². The van der Waals surface area contributed by atoms with Crippen LogP contribution in [0, 0.1) is 5.41 Å². The van der Waals surface area contributed by atoms with Crippen molar-refractivity contribution in [2.75, 3.05) is 6.54 Å². The minimum absolute atomic E-state index is 0.0278. The summed E-state index contributed by atoms with van der Waals surface area (Å²) in [6.45, 7) is 0.520. The van der Waals surface area contributed by atoms with Crippen molar-refractivity contribution in [3.05, 3.63) is 55.7 Å². The van der Waals surface area contributed by atoms with Crippen LogP contribution in [-0.4, -0.2) is 49.6 Å². The van der Waals surface area contributed by atoms with Gasteiger partial charge in [-0.25, -0.2) is 5.14 Å². The van der Waals surface area contributed by atoms with Gasteiger partial charge in [-0.05, 0) is 49.1 Å². The zero-order valence-electron chi connectivity index (χ0n) is 17.9. The molecule has 14 heteroatoms. The molecule has 10 nitrogen and oxygen atoms in total. The van der Waals surface area contributed by atoms with E-state index in [-0.39, 0.29) is 29.7 Å². The Morgan fingerprint density at radius 3 is 2.59 bits per heavy atom. The number of benzene rings is 1. The first-order chi connectivity index (χ1) is 15.9. The van der Waals surface area contributed by atoms with Crippen LogP contribution in [0.2, 0.25) is 10.0 Å². The van der Waals surface area contributed by atoms with Gasteiger partial charge in [0.2, 0.25) is 11.8 Å². The molecule has 3 rings (SSSR count). The molecule has 1 aliphatic heterocycles. The van der Waals surface area contributed by atoms with Gasteiger partial charge in [-0.3, -0.25) is 15.0 Å². The lowest BCUT2D eigenvalue weighted by atomic mass is 10.0. The van der Waals surface area contributed by atoms with E-state index in [0.29, 0.717) is 34.8 Å². The van der Waals surface area contributed by atoms with E-state index >= 15 is 0 Å². The van der Waals surface area contributed by atoms with Crippen LogP contribution in [0.1, 0.15) is 28.2 Å². The third-order valence-corrected chi connectivity index (χ3v) is 7.70. The van der Waals surface area contributed by atoms with Crippen molar-refractivity contribution in [3.63, 3.8) is 0 Å². The molecular weight excluding hydrogens is 523 g/mol. The second-order valence-electron chi connectivity index (χ2n) is 7.76. The highest BCUT2D eigenvalue weighted by Crippen LogP contribution is 2.25. The van der Waals surface area contributed by atoms with Gasteiger partial charge in [0.05, 0.1) is 21.5 Å². The topological polar surface area (TPSA) is 171 Å². The van der Waals surface area contributed by atoms with Crippen LogP contribution in [0.25, 0.3) is 0 Å². The zero-order valence-corrected chi connectivity index (χ0v) is 21.0. The third kappa shape index (κ3) is 6.90. The largest absolute Gasteiger partial charge is 0.383 e. The minimum atomic E-state index is -4.21. The second kappa shape index (κ2) is 11.0. The summed E-state index contributed by atoms with van der Waals surface area (Å²) in [5.74, 6) is -0.967. The second-order valence-corrected chi connectivity index (χ2v) is 11.1. The standard InChI is InChI=1S/C20H24Cl2N6O4S2/c21-13-5-3-11(8-14(13)22)9-15(27-34(25,31)32)20(30)28-7-1-2-16(28)19(29)26-10-12-4-6-17(33-12)18(23)24/h3-6,8,15-16,27H,1-2,7,9-10H2,(H3,23,24)(H,26,29)(H2,25,31,32)/t15-,16+/m1/s1. The van der Waals surface area contributed by atoms with Crippen LogP contribution >= 0.6 is 34.5 Å². The molecule has 0 unspecified atom stereocenters. The van der Waals surface area contributed by atoms with Crippen molar-refractivity contribution in [1.82, 2.24) is 14.9 Å². The van der Waals surface area contributed by atoms with Crippen LogP contribution in [0.5, 0.6) is 0 Å². The number of halogens is 2. The lowest BCUT2D eigenvalue weighted by Crippen LogP contribution is -2.55. The van der Waals surface area contributed by atoms with Gasteiger partial charge in [0.25, 0.3) is 10.2 Å². The summed E-state index contributed by atoms with van der Waals surface area (Å²) < 4.78 is 25.7. The highest BCUT2D eigenvalue weighted by Gasteiger charge is 2.38. The fourth-order valence-corrected chi connectivity index (χ4v) is 5.40. The average molecular weight is 547 g/mol. The Morgan fingerprint density at radius 2 is 1.97 bits per heavy atom. The molecule has 0 spiro atoms. The summed E-state index contributed by atoms with van der Waals surface area (Å²) in [6, 6.07) is 6.21. The number of carbonyl (C=O) groups excluding carboxylic acids is 2. The number of likely N-dealkylation sites (tertiary alicyclic amines) is 1. The number of amides is 2. The predicted molar refractivity (Wildman–Crippen MR) is 132 cm³/mol. The molecule has 2 aromatic rings. The van der Waals surface area contributed by atoms with Crippen LogP contribution in [0.15, 0.2) is 30.3 Å². The first kappa shape index (κ1) is 26.4. The SMILES string of the molecule is N=C(N)c1ccc(CNC(=O)[C@@H]2CCCN2C(=O)[C@@H](Cc2ccc(Cl)c(Cl)c2)NS(N)(=O)=O)s1. The summed E-state index contributed by atoms with van der Waals surface area (Å²) in [7, 11) is -4.21. The number of nitrogens with one attached hydrogen (secondary N) is 3. The fraction of sp³-hybridized carbons (Fsp3) is 0.350. The molecule has 7 N–H and O–H groups in total. The van der Waals surface area contributed by atoms with Gasteiger partial charge >= 0.3 is 0 Å². The summed E-state index contributed by atoms with van der Waals surface area (Å²) >= 11 is 13.3. The van der Waals surface area contributed by atoms with Gasteiger partial charge in [-0.15, -0.1) is 11.3 Å². The molecule has 2 atom stereocenters. The number of rotatable bonds is 9. The summed E-state index contributed by atoms with van der Waals surface area (Å²) in [4.78, 5) is 28.9. The maximum Gasteiger partial charge on any atom is 0.275 e. The van der Waals surface area contributed by atoms with E-state index in [9.17, 15) is 18.0 Å². The highest BCUT2D eigenvalue weighted by atomic mass is 35.5. The van der Waals surface area contributed by atoms with Gasteiger partial charge in [-0.1, -0.05) is 29.3 Å². The molecule has 0 radical (unpaired) electrons. The molecule has 0 bridgehead atoms. The van der Waals surface area contributed by atoms with E-state index in [1.165, 1.54) is 16.2 Å². The minimum Gasteiger partial charge on any atom is -0.383 e. The van der Waals surface area contributed by atoms with Gasteiger partial charge in [0.15, 0.2) is 0 Å². The number of carbonyl (C=O) groups is 2. The maximum absolute atomic E-state index is 13.3. The highest BCUT2D eigenvalue weighted by molar-refractivity contribution is 7.87. The van der Waals surface area contributed by atoms with Crippen molar-refractivity contribution < 1.29 is 18.0 Å². The van der Waals surface area contributed by atoms with Gasteiger partial charge in [-0.2, -0.15) is 13.1 Å². The number of hydrogen-bond acceptors (Lipinski definition) is 6. The fourth-order valence-electron chi connectivity index (χ4n) is 3.69. The number of nitrogen functional groups attached to an aromatic ring is 1. The van der Waals surface area contributed by atoms with E-state index in [1.54, 1.807) is 30.3 Å². The predicted octanol–water partition coefficient (Wildman–Crippen LogP) is 1.35. The Morgan fingerprint density at radius 1 is 1.24 bits per heavy atom. The summed E-state index contributed by atoms with van der Waals surface area (Å²) in [6.07, 6.45) is 1.00. The monoisotopic (exact) mass is 546 g/mol. The smallest absolute Gasteiger partial charge is 0.275 e.